The molecule has 7 rings (SSSR count). The molecule has 602 valence electrons. The van der Waals surface area contributed by atoms with Crippen molar-refractivity contribution in [3.05, 3.63) is 95.6 Å². The number of fused-ring (bicyclic) bond motifs is 3. The Balaban J connectivity index is 1.21. The lowest BCUT2D eigenvalue weighted by molar-refractivity contribution is -0.247. The Morgan fingerprint density at radius 2 is 0.704 bits per heavy atom. The van der Waals surface area contributed by atoms with E-state index in [1.54, 1.807) is 62.3 Å². The molecule has 8 amide bonds. The van der Waals surface area contributed by atoms with Crippen LogP contribution in [-0.4, -0.2) is 272 Å². The van der Waals surface area contributed by atoms with Gasteiger partial charge in [0.2, 0.25) is 5.91 Å². The van der Waals surface area contributed by atoms with E-state index in [0.717, 1.165) is 27.8 Å². The van der Waals surface area contributed by atoms with Crippen molar-refractivity contribution in [1.82, 2.24) is 42.5 Å². The molecule has 0 saturated carbocycles. The van der Waals surface area contributed by atoms with Crippen molar-refractivity contribution in [3.8, 4) is 11.1 Å². The van der Waals surface area contributed by atoms with Crippen LogP contribution in [0.3, 0.4) is 0 Å². The third kappa shape index (κ3) is 26.1. The molecule has 0 spiro atoms. The Morgan fingerprint density at radius 3 is 1.06 bits per heavy atom. The first-order chi connectivity index (χ1) is 51.5. The Morgan fingerprint density at radius 1 is 0.380 bits per heavy atom. The number of hydrogen-bond acceptors (Lipinski definition) is 27. The Kier molecular flexibility index (Phi) is 34.1. The van der Waals surface area contributed by atoms with Gasteiger partial charge in [-0.15, -0.1) is 0 Å². The summed E-state index contributed by atoms with van der Waals surface area (Å²) in [6.07, 6.45) is -21.6. The van der Waals surface area contributed by atoms with Gasteiger partial charge in [0.15, 0.2) is 18.3 Å². The van der Waals surface area contributed by atoms with Crippen molar-refractivity contribution in [2.24, 2.45) is 0 Å². The number of nitrogens with one attached hydrogen (secondary N) is 8. The summed E-state index contributed by atoms with van der Waals surface area (Å²) >= 11 is 0. The van der Waals surface area contributed by atoms with Crippen molar-refractivity contribution >= 4 is 48.0 Å². The number of alkyl carbamates (subject to hydrolysis) is 4. The Bertz CT molecular complexity index is 3310. The van der Waals surface area contributed by atoms with Gasteiger partial charge in [-0.25, -0.2) is 19.2 Å². The molecule has 3 aliphatic heterocycles. The summed E-state index contributed by atoms with van der Waals surface area (Å²) in [7, 11) is 8.06. The molecule has 3 heterocycles. The van der Waals surface area contributed by atoms with Crippen molar-refractivity contribution in [1.29, 1.82) is 0 Å². The van der Waals surface area contributed by atoms with Gasteiger partial charge in [0.05, 0.1) is 18.1 Å². The van der Waals surface area contributed by atoms with Crippen LogP contribution in [0.5, 0.6) is 0 Å². The number of carbonyl (C=O) groups excluding carboxylic acids is 8. The highest BCUT2D eigenvalue weighted by Crippen LogP contribution is 2.45. The molecule has 0 bridgehead atoms. The zero-order valence-corrected chi connectivity index (χ0v) is 64.0. The number of amides is 8. The van der Waals surface area contributed by atoms with Gasteiger partial charge < -0.3 is 133 Å². The second-order valence-electron chi connectivity index (χ2n) is 28.5. The number of carbonyl (C=O) groups is 8. The molecule has 108 heavy (non-hydrogen) atoms. The summed E-state index contributed by atoms with van der Waals surface area (Å²) in [5, 5.41) is 22.1. The Hall–Kier alpha value is -7.98. The summed E-state index contributed by atoms with van der Waals surface area (Å²) in [4.78, 5) is 114. The molecule has 3 aromatic rings. The topological polar surface area (TPSA) is 408 Å². The van der Waals surface area contributed by atoms with Crippen LogP contribution in [-0.2, 0) is 116 Å². The average Bonchev–Trinajstić information content (AvgIpc) is 1.47. The third-order valence-electron chi connectivity index (χ3n) is 16.9. The molecule has 3 fully saturated rings. The first-order valence-electron chi connectivity index (χ1n) is 35.3. The van der Waals surface area contributed by atoms with E-state index < -0.39 is 197 Å². The largest absolute Gasteiger partial charge is 0.449 e. The lowest BCUT2D eigenvalue weighted by atomic mass is 9.90. The van der Waals surface area contributed by atoms with Crippen LogP contribution < -0.4 is 42.5 Å². The van der Waals surface area contributed by atoms with Gasteiger partial charge in [-0.1, -0.05) is 78.9 Å². The average molecular weight is 1530 g/mol. The molecule has 35 heteroatoms. The molecule has 0 aromatic heterocycles. The minimum atomic E-state index is -1.84. The molecule has 8 N–H and O–H groups in total. The molecule has 0 unspecified atom stereocenters. The highest BCUT2D eigenvalue weighted by atomic mass is 16.7. The van der Waals surface area contributed by atoms with Crippen LogP contribution in [0.2, 0.25) is 0 Å². The van der Waals surface area contributed by atoms with Crippen LogP contribution in [0.25, 0.3) is 11.1 Å². The van der Waals surface area contributed by atoms with Crippen molar-refractivity contribution in [2.45, 2.75) is 189 Å². The molecule has 35 nitrogen and oxygen atoms in total. The second kappa shape index (κ2) is 42.3. The van der Waals surface area contributed by atoms with E-state index in [1.165, 1.54) is 42.7 Å². The van der Waals surface area contributed by atoms with Crippen LogP contribution in [0.1, 0.15) is 91.3 Å². The lowest BCUT2D eigenvalue weighted by Gasteiger charge is -2.47. The fraction of sp³-hybridized carbons (Fsp3) is 0.644. The molecule has 4 aliphatic rings. The highest BCUT2D eigenvalue weighted by molar-refractivity contribution is 5.86. The maximum absolute atomic E-state index is 15.5. The number of methoxy groups -OCH3 is 6. The normalized spacial score (nSPS) is 24.9. The molecule has 15 atom stereocenters. The monoisotopic (exact) mass is 1530 g/mol. The van der Waals surface area contributed by atoms with E-state index in [0.29, 0.717) is 0 Å². The number of ether oxygens (including phenoxy) is 19. The van der Waals surface area contributed by atoms with E-state index in [-0.39, 0.29) is 51.3 Å². The van der Waals surface area contributed by atoms with Gasteiger partial charge in [-0.2, -0.15) is 0 Å². The molecular formula is C73H108N8O27. The number of hydrogen-bond donors (Lipinski definition) is 8. The van der Waals surface area contributed by atoms with E-state index in [2.05, 4.69) is 42.5 Å². The maximum Gasteiger partial charge on any atom is 0.408 e. The van der Waals surface area contributed by atoms with Crippen molar-refractivity contribution < 1.29 is 128 Å². The Labute approximate surface area is 628 Å². The summed E-state index contributed by atoms with van der Waals surface area (Å²) in [5.41, 5.74) is 1.65. The molecule has 3 saturated heterocycles. The van der Waals surface area contributed by atoms with Gasteiger partial charge in [-0.05, 0) is 90.1 Å². The van der Waals surface area contributed by atoms with E-state index in [4.69, 9.17) is 90.0 Å². The van der Waals surface area contributed by atoms with Crippen LogP contribution in [0, 0.1) is 0 Å². The van der Waals surface area contributed by atoms with Gasteiger partial charge in [-0.3, -0.25) is 19.2 Å². The zero-order valence-electron chi connectivity index (χ0n) is 64.0. The molecule has 0 radical (unpaired) electrons. The fourth-order valence-corrected chi connectivity index (χ4v) is 12.6. The first kappa shape index (κ1) is 87.2. The van der Waals surface area contributed by atoms with Gasteiger partial charge >= 0.3 is 24.4 Å². The van der Waals surface area contributed by atoms with Crippen LogP contribution in [0.4, 0.5) is 19.2 Å². The van der Waals surface area contributed by atoms with Crippen LogP contribution >= 0.6 is 0 Å². The third-order valence-corrected chi connectivity index (χ3v) is 16.9. The first-order valence-corrected chi connectivity index (χ1v) is 35.3. The van der Waals surface area contributed by atoms with E-state index >= 15 is 9.59 Å². The predicted octanol–water partition coefficient (Wildman–Crippen LogP) is 3.50. The quantitative estimate of drug-likeness (QED) is 0.0302. The van der Waals surface area contributed by atoms with E-state index in [9.17, 15) is 28.8 Å². The summed E-state index contributed by atoms with van der Waals surface area (Å²) < 4.78 is 113. The van der Waals surface area contributed by atoms with Crippen LogP contribution in [0.15, 0.2) is 78.9 Å². The summed E-state index contributed by atoms with van der Waals surface area (Å²) in [6, 6.07) is 20.4. The summed E-state index contributed by atoms with van der Waals surface area (Å²) in [5.74, 6) is -3.43. The maximum atomic E-state index is 15.5. The highest BCUT2D eigenvalue weighted by Gasteiger charge is 2.56. The SMILES string of the molecule is COCO[C@@H]1[C@@H](NC(=O)OC(C)(C)C)[C@H](C(=O)NC[C@H]2O[C@@H](C(=O)NC[C@H]3O[C@@H](C(=O)NCCC(=O)NCc4ccccc4)[C@H](NC(=O)OC(C)(C)C)[C@@H](OCOC)[C@@H]3OCOC)[C@H](NC(=O)OC(C)(C)C)[C@@H](OCOC)[C@@H]2OCOC)O[C@H](CNC(=O)OCC2c3ccccc3-c3ccccc32)[C@H]1OCOC. The van der Waals surface area contributed by atoms with Gasteiger partial charge in [0, 0.05) is 87.7 Å². The zero-order chi connectivity index (χ0) is 78.7. The van der Waals surface area contributed by atoms with Gasteiger partial charge in [0.1, 0.15) is 119 Å². The standard InChI is InChI=1S/C73H108N8O27/c1-71(2,3)106-68(87)79-52-58(100-39-93-13)55(97-36-90-10)48(103-61(52)64(83)74-30-29-51(82)75-31-42-23-17-16-18-24-42)32-76-65(84)62-53(80-69(88)107-72(4,5)6)59(101-40-94-14)56(98-37-91-11)49(104-62)33-77-66(85)63-54(81-70(89)108-73(7,8)9)60(102-41-95-15)57(99-38-92-12)50(105-63)34-78-67(86)96-35-47-45-27-21-19-25-43(45)44-26-20-22-28-46(44)47/h16-28,47-50,52-63H,29-41H2,1-15H3,(H,74,83)(H,75,82)(H,76,84)(H,77,85)(H,78,86)(H,79,87)(H,80,88)(H,81,89)/t48-,49-,50-,52-,53-,54-,55-,56-,57-,58-,59-,60-,61-,62-,63-/m1/s1. The van der Waals surface area contributed by atoms with E-state index in [1.807, 2.05) is 78.9 Å². The molecular weight excluding hydrogens is 1420 g/mol. The molecule has 1 aliphatic carbocycles. The fourth-order valence-electron chi connectivity index (χ4n) is 12.6. The number of rotatable bonds is 37. The lowest BCUT2D eigenvalue weighted by Crippen LogP contribution is -2.71. The minimum absolute atomic E-state index is 0.0413. The smallest absolute Gasteiger partial charge is 0.408 e. The summed E-state index contributed by atoms with van der Waals surface area (Å²) in [6.45, 7) is 10.5. The minimum Gasteiger partial charge on any atom is -0.449 e. The van der Waals surface area contributed by atoms with Crippen molar-refractivity contribution in [3.63, 3.8) is 0 Å². The van der Waals surface area contributed by atoms with Crippen molar-refractivity contribution in [2.75, 3.05) is 116 Å². The number of benzene rings is 3. The predicted molar refractivity (Wildman–Crippen MR) is 381 cm³/mol. The van der Waals surface area contributed by atoms with Gasteiger partial charge in [0.25, 0.3) is 17.7 Å². The molecule has 3 aromatic carbocycles. The second-order valence-corrected chi connectivity index (χ2v) is 28.5.